The topological polar surface area (TPSA) is 68.2 Å². The van der Waals surface area contributed by atoms with E-state index in [1.54, 1.807) is 5.98 Å². The van der Waals surface area contributed by atoms with E-state index in [1.165, 1.54) is 15.9 Å². The van der Waals surface area contributed by atoms with Gasteiger partial charge in [-0.05, 0) is 82.9 Å². The van der Waals surface area contributed by atoms with Crippen molar-refractivity contribution >= 4 is 108 Å². The molecular formula is C24H36B2Br2IrO5P6Y3. The maximum Gasteiger partial charge on any atom is 0.552 e. The molecule has 19 heteroatoms. The Morgan fingerprint density at radius 3 is 1.86 bits per heavy atom. The van der Waals surface area contributed by atoms with Crippen molar-refractivity contribution in [3.05, 3.63) is 67.4 Å². The predicted octanol–water partition coefficient (Wildman–Crippen LogP) is 9.31. The first-order valence-corrected chi connectivity index (χ1v) is 24.2. The molecule has 6 atom stereocenters. The van der Waals surface area contributed by atoms with Crippen molar-refractivity contribution in [2.75, 3.05) is 0 Å². The normalized spacial score (nSPS) is 16.3. The Bertz CT molecular complexity index is 1190. The van der Waals surface area contributed by atoms with Crippen LogP contribution in [0.2, 0.25) is 0 Å². The van der Waals surface area contributed by atoms with Crippen LogP contribution in [0.1, 0.15) is 49.9 Å². The molecule has 0 spiro atoms. The van der Waals surface area contributed by atoms with E-state index >= 15 is 0 Å². The number of hydrogen-bond acceptors (Lipinski definition) is 5. The molecule has 2 N–H and O–H groups in total. The van der Waals surface area contributed by atoms with Gasteiger partial charge in [-0.3, -0.25) is 0 Å². The van der Waals surface area contributed by atoms with E-state index in [4.69, 9.17) is 14.0 Å². The number of fused-ring (bicyclic) bond motifs is 1. The summed E-state index contributed by atoms with van der Waals surface area (Å²) in [4.78, 5) is 0. The summed E-state index contributed by atoms with van der Waals surface area (Å²) in [7, 11) is 9.01. The summed E-state index contributed by atoms with van der Waals surface area (Å²) in [5.74, 6) is 4.49. The molecular weight excluding hydrogens is 1190 g/mol. The van der Waals surface area contributed by atoms with E-state index in [1.807, 2.05) is 83.9 Å². The summed E-state index contributed by atoms with van der Waals surface area (Å²) < 4.78 is 19.0. The largest absolute Gasteiger partial charge is 0.552 e. The molecule has 0 bridgehead atoms. The quantitative estimate of drug-likeness (QED) is 0.178. The number of phenols is 1. The first-order chi connectivity index (χ1) is 18.2. The predicted molar refractivity (Wildman–Crippen MR) is 195 cm³/mol. The summed E-state index contributed by atoms with van der Waals surface area (Å²) in [6.45, 7) is 11.9. The molecule has 2 aromatic carbocycles. The van der Waals surface area contributed by atoms with Crippen molar-refractivity contribution in [2.45, 2.75) is 52.7 Å². The second kappa shape index (κ2) is 25.9. The number of phenolic OH excluding ortho intramolecular Hbond substituents is 1. The van der Waals surface area contributed by atoms with Crippen LogP contribution in [0.3, 0.4) is 0 Å². The number of aromatic hydroxyl groups is 1. The van der Waals surface area contributed by atoms with Crippen LogP contribution in [0.5, 0.6) is 11.5 Å². The molecule has 4 rings (SSSR count). The Balaban J connectivity index is -0.000000606. The Hall–Kier alpha value is 5.03. The van der Waals surface area contributed by atoms with Gasteiger partial charge in [-0.2, -0.15) is 0 Å². The van der Waals surface area contributed by atoms with Gasteiger partial charge in [-0.15, -0.1) is 17.9 Å². The molecule has 230 valence electrons. The van der Waals surface area contributed by atoms with Crippen molar-refractivity contribution in [3.63, 3.8) is 0 Å². The first kappa shape index (κ1) is 52.4. The average Bonchev–Trinajstić information content (AvgIpc) is 3.06. The molecule has 2 aliphatic rings. The van der Waals surface area contributed by atoms with Crippen molar-refractivity contribution in [2.24, 2.45) is 0 Å². The van der Waals surface area contributed by atoms with E-state index in [2.05, 4.69) is 49.7 Å². The minimum atomic E-state index is -0.813. The molecule has 1 fully saturated rings. The van der Waals surface area contributed by atoms with Crippen LogP contribution in [0.4, 0.5) is 0 Å². The number of hydrogen-bond donors (Lipinski definition) is 2. The second-order valence-electron chi connectivity index (χ2n) is 9.69. The van der Waals surface area contributed by atoms with Crippen LogP contribution in [0.25, 0.3) is 12.2 Å². The summed E-state index contributed by atoms with van der Waals surface area (Å²) in [6, 6.07) is 7.67. The van der Waals surface area contributed by atoms with Crippen LogP contribution in [0, 0.1) is 13.8 Å². The van der Waals surface area contributed by atoms with Gasteiger partial charge in [0, 0.05) is 138 Å². The van der Waals surface area contributed by atoms with Crippen LogP contribution >= 0.6 is 81.5 Å². The number of halogens is 2. The summed E-state index contributed by atoms with van der Waals surface area (Å²) in [5, 5.41) is 19.3. The van der Waals surface area contributed by atoms with Gasteiger partial charge in [-0.1, -0.05) is 81.8 Å². The van der Waals surface area contributed by atoms with Gasteiger partial charge in [0.1, 0.15) is 11.5 Å². The molecule has 2 aliphatic heterocycles. The zero-order chi connectivity index (χ0) is 29.4. The van der Waals surface area contributed by atoms with E-state index in [-0.39, 0.29) is 135 Å². The van der Waals surface area contributed by atoms with Crippen LogP contribution in [0.15, 0.2) is 45.2 Å². The Morgan fingerprint density at radius 2 is 1.35 bits per heavy atom. The smallest absolute Gasteiger partial charge is 0.532 e. The Morgan fingerprint density at radius 1 is 0.860 bits per heavy atom. The molecule has 0 saturated carbocycles. The van der Waals surface area contributed by atoms with Crippen molar-refractivity contribution in [1.82, 2.24) is 0 Å². The minimum Gasteiger partial charge on any atom is -0.532 e. The van der Waals surface area contributed by atoms with E-state index in [0.717, 1.165) is 52.9 Å². The van der Waals surface area contributed by atoms with E-state index in [9.17, 15) is 10.1 Å². The van der Waals surface area contributed by atoms with Crippen LogP contribution in [-0.4, -0.2) is 35.6 Å². The average molecular weight is 1230 g/mol. The summed E-state index contributed by atoms with van der Waals surface area (Å²) >= 11 is 6.83. The number of aryl methyl sites for hydroxylation is 2. The molecule has 0 amide bonds. The van der Waals surface area contributed by atoms with Gasteiger partial charge in [0.15, 0.2) is 0 Å². The minimum absolute atomic E-state index is 0. The molecule has 5 nitrogen and oxygen atoms in total. The van der Waals surface area contributed by atoms with Crippen molar-refractivity contribution in [1.29, 1.82) is 0 Å². The fourth-order valence-electron chi connectivity index (χ4n) is 3.50. The van der Waals surface area contributed by atoms with Crippen molar-refractivity contribution < 1.29 is 142 Å². The molecule has 2 aromatic rings. The van der Waals surface area contributed by atoms with Gasteiger partial charge in [0.2, 0.25) is 0 Å². The molecule has 6 unspecified atom stereocenters. The Labute approximate surface area is 375 Å². The number of rotatable bonds is 5. The van der Waals surface area contributed by atoms with Crippen LogP contribution in [-0.2, 0) is 128 Å². The van der Waals surface area contributed by atoms with E-state index < -0.39 is 14.2 Å². The molecule has 0 aromatic heterocycles. The van der Waals surface area contributed by atoms with Crippen molar-refractivity contribution in [3.8, 4) is 11.5 Å². The van der Waals surface area contributed by atoms with Crippen LogP contribution < -0.4 is 4.65 Å². The van der Waals surface area contributed by atoms with Gasteiger partial charge in [0.05, 0.1) is 11.2 Å². The zero-order valence-electron chi connectivity index (χ0n) is 24.9. The second-order valence-corrected chi connectivity index (χ2v) is 25.5. The third-order valence-electron chi connectivity index (χ3n) is 6.15. The first-order valence-electron chi connectivity index (χ1n) is 12.0. The molecule has 4 radical (unpaired) electrons. The monoisotopic (exact) mass is 1230 g/mol. The fourth-order valence-corrected chi connectivity index (χ4v) is 22.1. The summed E-state index contributed by atoms with van der Waals surface area (Å²) in [6.07, 6.45) is 3.69. The third kappa shape index (κ3) is 17.9. The SMILES string of the molecule is Cc1cc(Br)cc(/C=C/B2OC(C)(C)C(C)(C)O2)c1O.Cc1cc(Br)cc2c1OB(O)C=C2.PPPPPP.[Ir].[Y].[Y].[Y]. The maximum atomic E-state index is 10.0. The fraction of sp³-hybridized carbons (Fsp3) is 0.333. The number of benzene rings is 2. The third-order valence-corrected chi connectivity index (χ3v) is 23.6. The molecule has 2 heterocycles. The van der Waals surface area contributed by atoms with Gasteiger partial charge >= 0.3 is 14.2 Å². The molecule has 0 aliphatic carbocycles. The standard InChI is InChI=1S/C15H20BBrO3.C9H8BBrO2.Ir.H8P6.3Y/c1-10-8-12(17)9-11(13(10)18)6-7-16-19-14(2,3)15(4,5)20-16;1-6-4-8(11)5-7-2-3-10(12)13-9(6)7;;1-3-5-6-4-2;;;/h6-9,18H,1-5H3;2-5,12H,1H3;;3-6H,1-2H2;;;/b7-6+;;;;;;. The summed E-state index contributed by atoms with van der Waals surface area (Å²) in [5.41, 5.74) is 2.89. The molecule has 43 heavy (non-hydrogen) atoms. The molecule has 1 saturated heterocycles. The maximum absolute atomic E-state index is 10.0. The van der Waals surface area contributed by atoms with E-state index in [0.29, 0.717) is 0 Å². The zero-order valence-corrected chi connectivity index (χ0v) is 45.3. The van der Waals surface area contributed by atoms with Gasteiger partial charge in [-0.25, -0.2) is 0 Å². The Kier molecular flexibility index (Phi) is 31.6. The van der Waals surface area contributed by atoms with Gasteiger partial charge < -0.3 is 24.1 Å². The van der Waals surface area contributed by atoms with Gasteiger partial charge in [0.25, 0.3) is 0 Å².